The fourth-order valence-electron chi connectivity index (χ4n) is 4.06. The van der Waals surface area contributed by atoms with Gasteiger partial charge in [-0.2, -0.15) is 0 Å². The van der Waals surface area contributed by atoms with Gasteiger partial charge in [-0.1, -0.05) is 13.0 Å². The number of hydrogen-bond acceptors (Lipinski definition) is 2. The van der Waals surface area contributed by atoms with E-state index in [0.29, 0.717) is 42.2 Å². The summed E-state index contributed by atoms with van der Waals surface area (Å²) in [4.78, 5) is 19.0. The van der Waals surface area contributed by atoms with Crippen molar-refractivity contribution in [2.24, 2.45) is 5.92 Å². The quantitative estimate of drug-likeness (QED) is 0.833. The summed E-state index contributed by atoms with van der Waals surface area (Å²) < 4.78 is 27.8. The highest BCUT2D eigenvalue weighted by molar-refractivity contribution is 5.92. The van der Waals surface area contributed by atoms with E-state index < -0.39 is 11.6 Å². The molecule has 0 fully saturated rings. The Labute approximate surface area is 151 Å². The molecule has 2 amide bonds. The summed E-state index contributed by atoms with van der Waals surface area (Å²) in [5, 5.41) is 2.97. The summed E-state index contributed by atoms with van der Waals surface area (Å²) in [6.07, 6.45) is 4.55. The highest BCUT2D eigenvalue weighted by Crippen LogP contribution is 2.33. The van der Waals surface area contributed by atoms with Crippen molar-refractivity contribution in [3.8, 4) is 0 Å². The van der Waals surface area contributed by atoms with E-state index in [1.165, 1.54) is 6.07 Å². The lowest BCUT2D eigenvalue weighted by atomic mass is 9.87. The fourth-order valence-corrected chi connectivity index (χ4v) is 4.06. The van der Waals surface area contributed by atoms with Crippen molar-refractivity contribution >= 4 is 11.8 Å². The molecule has 0 spiro atoms. The molecule has 2 aliphatic rings. The average molecular weight is 357 g/mol. The number of rotatable bonds is 1. The molecule has 1 aromatic carbocycles. The highest BCUT2D eigenvalue weighted by atomic mass is 19.1. The van der Waals surface area contributed by atoms with Crippen LogP contribution in [0.25, 0.3) is 0 Å². The van der Waals surface area contributed by atoms with Gasteiger partial charge in [-0.05, 0) is 60.4 Å². The second kappa shape index (κ2) is 6.67. The van der Waals surface area contributed by atoms with Gasteiger partial charge in [0.25, 0.3) is 0 Å². The molecule has 1 aromatic heterocycles. The molecule has 26 heavy (non-hydrogen) atoms. The molecule has 1 aliphatic carbocycles. The SMILES string of the molecule is CC1Cc2cccnc2N(C(=O)N[C@H]2CCCc3c(F)cc(F)cc32)C1. The molecule has 2 aromatic rings. The Kier molecular flexibility index (Phi) is 4.34. The van der Waals surface area contributed by atoms with E-state index >= 15 is 0 Å². The number of nitrogens with one attached hydrogen (secondary N) is 1. The Bertz CT molecular complexity index is 855. The number of carbonyl (C=O) groups is 1. The summed E-state index contributed by atoms with van der Waals surface area (Å²) in [6.45, 7) is 2.67. The maximum Gasteiger partial charge on any atom is 0.323 e. The lowest BCUT2D eigenvalue weighted by molar-refractivity contribution is 0.239. The molecular formula is C20H21F2N3O. The maximum atomic E-state index is 14.1. The van der Waals surface area contributed by atoms with E-state index in [1.54, 1.807) is 11.1 Å². The van der Waals surface area contributed by atoms with E-state index in [9.17, 15) is 13.6 Å². The molecule has 1 aliphatic heterocycles. The van der Waals surface area contributed by atoms with Crippen LogP contribution in [0.3, 0.4) is 0 Å². The predicted octanol–water partition coefficient (Wildman–Crippen LogP) is 4.15. The van der Waals surface area contributed by atoms with Crippen LogP contribution in [0.2, 0.25) is 0 Å². The zero-order valence-corrected chi connectivity index (χ0v) is 14.6. The van der Waals surface area contributed by atoms with Crippen molar-refractivity contribution in [1.82, 2.24) is 10.3 Å². The number of nitrogens with zero attached hydrogens (tertiary/aromatic N) is 2. The van der Waals surface area contributed by atoms with Crippen LogP contribution in [0.1, 0.15) is 42.5 Å². The summed E-state index contributed by atoms with van der Waals surface area (Å²) in [5.41, 5.74) is 2.10. The van der Waals surface area contributed by atoms with E-state index in [-0.39, 0.29) is 12.1 Å². The van der Waals surface area contributed by atoms with Crippen LogP contribution in [0.5, 0.6) is 0 Å². The van der Waals surface area contributed by atoms with Gasteiger partial charge in [0.2, 0.25) is 0 Å². The summed E-state index contributed by atoms with van der Waals surface area (Å²) >= 11 is 0. The third-order valence-electron chi connectivity index (χ3n) is 5.22. The number of urea groups is 1. The molecular weight excluding hydrogens is 336 g/mol. The zero-order valence-electron chi connectivity index (χ0n) is 14.6. The Morgan fingerprint density at radius 1 is 1.35 bits per heavy atom. The Morgan fingerprint density at radius 3 is 3.04 bits per heavy atom. The first kappa shape index (κ1) is 16.9. The number of hydrogen-bond donors (Lipinski definition) is 1. The summed E-state index contributed by atoms with van der Waals surface area (Å²) in [5.74, 6) is -0.144. The first-order valence-corrected chi connectivity index (χ1v) is 9.02. The van der Waals surface area contributed by atoms with Gasteiger partial charge in [-0.3, -0.25) is 4.90 Å². The van der Waals surface area contributed by atoms with Crippen LogP contribution < -0.4 is 10.2 Å². The van der Waals surface area contributed by atoms with Gasteiger partial charge in [0, 0.05) is 18.8 Å². The molecule has 0 bridgehead atoms. The monoisotopic (exact) mass is 357 g/mol. The van der Waals surface area contributed by atoms with E-state index in [4.69, 9.17) is 0 Å². The van der Waals surface area contributed by atoms with Crippen molar-refractivity contribution in [2.45, 2.75) is 38.6 Å². The van der Waals surface area contributed by atoms with Crippen molar-refractivity contribution < 1.29 is 13.6 Å². The van der Waals surface area contributed by atoms with Crippen molar-refractivity contribution in [3.05, 3.63) is 58.8 Å². The predicted molar refractivity (Wildman–Crippen MR) is 95.0 cm³/mol. The number of fused-ring (bicyclic) bond motifs is 2. The first-order valence-electron chi connectivity index (χ1n) is 9.02. The van der Waals surface area contributed by atoms with Gasteiger partial charge in [0.15, 0.2) is 0 Å². The fraction of sp³-hybridized carbons (Fsp3) is 0.400. The number of benzene rings is 1. The second-order valence-electron chi connectivity index (χ2n) is 7.26. The molecule has 4 rings (SSSR count). The minimum absolute atomic E-state index is 0.265. The minimum Gasteiger partial charge on any atom is -0.331 e. The number of halogens is 2. The van der Waals surface area contributed by atoms with Gasteiger partial charge in [-0.25, -0.2) is 18.6 Å². The van der Waals surface area contributed by atoms with E-state index in [0.717, 1.165) is 24.5 Å². The number of aromatic nitrogens is 1. The maximum absolute atomic E-state index is 14.1. The topological polar surface area (TPSA) is 45.2 Å². The standard InChI is InChI=1S/C20H21F2N3O/c1-12-8-13-4-3-7-23-19(13)25(11-12)20(26)24-18-6-2-5-15-16(18)9-14(21)10-17(15)22/h3-4,7,9-10,12,18H,2,5-6,8,11H2,1H3,(H,24,26)/t12?,18-/m0/s1. The lowest BCUT2D eigenvalue weighted by Gasteiger charge is -2.34. The van der Waals surface area contributed by atoms with Crippen LogP contribution in [-0.4, -0.2) is 17.6 Å². The molecule has 0 saturated carbocycles. The lowest BCUT2D eigenvalue weighted by Crippen LogP contribution is -2.47. The summed E-state index contributed by atoms with van der Waals surface area (Å²) in [6, 6.07) is 5.46. The normalized spacial score (nSPS) is 21.7. The third kappa shape index (κ3) is 3.04. The van der Waals surface area contributed by atoms with Gasteiger partial charge in [0.1, 0.15) is 17.5 Å². The third-order valence-corrected chi connectivity index (χ3v) is 5.22. The summed E-state index contributed by atoms with van der Waals surface area (Å²) in [7, 11) is 0. The van der Waals surface area contributed by atoms with Crippen LogP contribution in [0.4, 0.5) is 19.4 Å². The zero-order chi connectivity index (χ0) is 18.3. The number of carbonyl (C=O) groups excluding carboxylic acids is 1. The van der Waals surface area contributed by atoms with E-state index in [1.807, 2.05) is 12.1 Å². The molecule has 6 heteroatoms. The van der Waals surface area contributed by atoms with Gasteiger partial charge in [-0.15, -0.1) is 0 Å². The first-order chi connectivity index (χ1) is 12.5. The van der Waals surface area contributed by atoms with Gasteiger partial charge < -0.3 is 5.32 Å². The van der Waals surface area contributed by atoms with Crippen LogP contribution >= 0.6 is 0 Å². The van der Waals surface area contributed by atoms with Crippen LogP contribution in [-0.2, 0) is 12.8 Å². The minimum atomic E-state index is -0.610. The van der Waals surface area contributed by atoms with Crippen molar-refractivity contribution in [1.29, 1.82) is 0 Å². The van der Waals surface area contributed by atoms with E-state index in [2.05, 4.69) is 17.2 Å². The average Bonchev–Trinajstić information content (AvgIpc) is 2.61. The Hall–Kier alpha value is -2.50. The van der Waals surface area contributed by atoms with Crippen molar-refractivity contribution in [2.75, 3.05) is 11.4 Å². The molecule has 2 atom stereocenters. The molecule has 1 N–H and O–H groups in total. The molecule has 0 radical (unpaired) electrons. The van der Waals surface area contributed by atoms with Crippen LogP contribution in [0, 0.1) is 17.6 Å². The smallest absolute Gasteiger partial charge is 0.323 e. The second-order valence-corrected chi connectivity index (χ2v) is 7.26. The molecule has 0 saturated heterocycles. The van der Waals surface area contributed by atoms with Gasteiger partial charge >= 0.3 is 6.03 Å². The Morgan fingerprint density at radius 2 is 2.19 bits per heavy atom. The van der Waals surface area contributed by atoms with Crippen molar-refractivity contribution in [3.63, 3.8) is 0 Å². The molecule has 136 valence electrons. The largest absolute Gasteiger partial charge is 0.331 e. The van der Waals surface area contributed by atoms with Gasteiger partial charge in [0.05, 0.1) is 6.04 Å². The molecule has 2 heterocycles. The molecule has 4 nitrogen and oxygen atoms in total. The number of anilines is 1. The number of amides is 2. The Balaban J connectivity index is 1.61. The molecule has 1 unspecified atom stereocenters. The highest BCUT2D eigenvalue weighted by Gasteiger charge is 2.31. The number of pyridine rings is 1. The van der Waals surface area contributed by atoms with Crippen LogP contribution in [0.15, 0.2) is 30.5 Å².